The molecule has 1 aromatic heterocycles. The molecule has 2 aromatic carbocycles. The van der Waals surface area contributed by atoms with Gasteiger partial charge in [0.05, 0.1) is 17.9 Å². The first-order valence-corrected chi connectivity index (χ1v) is 7.82. The molecule has 0 saturated carbocycles. The number of amides is 1. The zero-order valence-corrected chi connectivity index (χ0v) is 13.8. The minimum absolute atomic E-state index is 0.260. The number of aromatic nitrogens is 2. The summed E-state index contributed by atoms with van der Waals surface area (Å²) in [6.45, 7) is 3.70. The van der Waals surface area contributed by atoms with Gasteiger partial charge in [0.25, 0.3) is 5.91 Å². The Kier molecular flexibility index (Phi) is 4.61. The fraction of sp³-hybridized carbons (Fsp3) is 0.158. The van der Waals surface area contributed by atoms with Gasteiger partial charge in [0.2, 0.25) is 0 Å². The number of benzene rings is 2. The molecule has 0 aliphatic rings. The summed E-state index contributed by atoms with van der Waals surface area (Å²) in [5, 5.41) is 7.15. The number of halogens is 2. The van der Waals surface area contributed by atoms with Crippen LogP contribution in [0, 0.1) is 18.6 Å². The summed E-state index contributed by atoms with van der Waals surface area (Å²) < 4.78 is 28.0. The van der Waals surface area contributed by atoms with Crippen LogP contribution in [0.25, 0.3) is 5.69 Å². The molecule has 0 aliphatic heterocycles. The number of nitrogens with zero attached hydrogens (tertiary/aromatic N) is 2. The molecule has 1 N–H and O–H groups in total. The Hall–Kier alpha value is -3.02. The number of carbonyl (C=O) groups excluding carboxylic acids is 1. The molecule has 1 heterocycles. The zero-order chi connectivity index (χ0) is 18.0. The molecule has 128 valence electrons. The molecule has 0 bridgehead atoms. The van der Waals surface area contributed by atoms with Crippen molar-refractivity contribution in [1.82, 2.24) is 15.1 Å². The zero-order valence-electron chi connectivity index (χ0n) is 13.8. The topological polar surface area (TPSA) is 46.9 Å². The van der Waals surface area contributed by atoms with Crippen LogP contribution in [-0.4, -0.2) is 15.7 Å². The second-order valence-electron chi connectivity index (χ2n) is 5.78. The third-order valence-corrected chi connectivity index (χ3v) is 4.02. The van der Waals surface area contributed by atoms with Gasteiger partial charge < -0.3 is 5.32 Å². The highest BCUT2D eigenvalue weighted by Crippen LogP contribution is 2.21. The molecule has 0 aliphatic carbocycles. The van der Waals surface area contributed by atoms with E-state index >= 15 is 0 Å². The van der Waals surface area contributed by atoms with Gasteiger partial charge in [-0.3, -0.25) is 4.79 Å². The van der Waals surface area contributed by atoms with Crippen LogP contribution in [0.5, 0.6) is 0 Å². The van der Waals surface area contributed by atoms with Gasteiger partial charge in [0.15, 0.2) is 0 Å². The predicted octanol–water partition coefficient (Wildman–Crippen LogP) is 3.95. The van der Waals surface area contributed by atoms with Crippen molar-refractivity contribution in [1.29, 1.82) is 0 Å². The fourth-order valence-corrected chi connectivity index (χ4v) is 2.68. The Morgan fingerprint density at radius 1 is 1.12 bits per heavy atom. The summed E-state index contributed by atoms with van der Waals surface area (Å²) >= 11 is 0. The summed E-state index contributed by atoms with van der Waals surface area (Å²) in [7, 11) is 0. The Bertz CT molecular complexity index is 903. The van der Waals surface area contributed by atoms with Crippen LogP contribution in [0.15, 0.2) is 54.7 Å². The Morgan fingerprint density at radius 3 is 2.52 bits per heavy atom. The molecule has 1 unspecified atom stereocenters. The Labute approximate surface area is 144 Å². The molecule has 0 spiro atoms. The van der Waals surface area contributed by atoms with Gasteiger partial charge in [0, 0.05) is 16.8 Å². The van der Waals surface area contributed by atoms with Gasteiger partial charge in [-0.15, -0.1) is 0 Å². The van der Waals surface area contributed by atoms with Crippen molar-refractivity contribution in [2.24, 2.45) is 0 Å². The van der Waals surface area contributed by atoms with Gasteiger partial charge in [-0.05, 0) is 56.3 Å². The molecule has 0 saturated heterocycles. The number of rotatable bonds is 4. The second kappa shape index (κ2) is 6.84. The van der Waals surface area contributed by atoms with Crippen LogP contribution >= 0.6 is 0 Å². The Morgan fingerprint density at radius 2 is 1.84 bits per heavy atom. The summed E-state index contributed by atoms with van der Waals surface area (Å²) in [5.41, 5.74) is 2.65. The van der Waals surface area contributed by atoms with Crippen molar-refractivity contribution in [3.05, 3.63) is 83.2 Å². The quantitative estimate of drug-likeness (QED) is 0.781. The second-order valence-corrected chi connectivity index (χ2v) is 5.78. The lowest BCUT2D eigenvalue weighted by molar-refractivity contribution is 0.0939. The van der Waals surface area contributed by atoms with E-state index in [0.29, 0.717) is 0 Å². The fourth-order valence-electron chi connectivity index (χ4n) is 2.68. The first-order chi connectivity index (χ1) is 12.0. The lowest BCUT2D eigenvalue weighted by Crippen LogP contribution is -2.27. The van der Waals surface area contributed by atoms with E-state index in [9.17, 15) is 13.6 Å². The van der Waals surface area contributed by atoms with Crippen molar-refractivity contribution < 1.29 is 13.6 Å². The lowest BCUT2D eigenvalue weighted by atomic mass is 10.1. The van der Waals surface area contributed by atoms with E-state index in [1.807, 2.05) is 13.8 Å². The standard InChI is InChI=1S/C19H17F2N3O/c1-12(23-19(25)14-4-3-5-16(21)10-14)18-11-22-24(13(18)2)17-8-6-15(20)7-9-17/h3-12H,1-2H3,(H,23,25). The highest BCUT2D eigenvalue weighted by Gasteiger charge is 2.17. The molecule has 0 fully saturated rings. The van der Waals surface area contributed by atoms with Gasteiger partial charge in [-0.25, -0.2) is 13.5 Å². The van der Waals surface area contributed by atoms with E-state index in [-0.39, 0.29) is 23.3 Å². The average Bonchev–Trinajstić information content (AvgIpc) is 2.97. The Balaban J connectivity index is 1.80. The SMILES string of the molecule is Cc1c(C(C)NC(=O)c2cccc(F)c2)cnn1-c1ccc(F)cc1. The minimum atomic E-state index is -0.458. The van der Waals surface area contributed by atoms with Gasteiger partial charge in [0.1, 0.15) is 11.6 Å². The normalized spacial score (nSPS) is 12.0. The van der Waals surface area contributed by atoms with E-state index in [2.05, 4.69) is 10.4 Å². The number of hydrogen-bond donors (Lipinski definition) is 1. The molecule has 1 atom stereocenters. The molecule has 4 nitrogen and oxygen atoms in total. The molecule has 1 amide bonds. The van der Waals surface area contributed by atoms with Crippen LogP contribution in [0.1, 0.15) is 34.6 Å². The molecule has 25 heavy (non-hydrogen) atoms. The molecular formula is C19H17F2N3O. The van der Waals surface area contributed by atoms with E-state index in [1.54, 1.807) is 29.1 Å². The van der Waals surface area contributed by atoms with Crippen molar-refractivity contribution in [2.75, 3.05) is 0 Å². The van der Waals surface area contributed by atoms with E-state index in [4.69, 9.17) is 0 Å². The third-order valence-electron chi connectivity index (χ3n) is 4.02. The maximum Gasteiger partial charge on any atom is 0.251 e. The van der Waals surface area contributed by atoms with Crippen LogP contribution in [-0.2, 0) is 0 Å². The molecular weight excluding hydrogens is 324 g/mol. The van der Waals surface area contributed by atoms with Gasteiger partial charge in [-0.2, -0.15) is 5.10 Å². The molecule has 6 heteroatoms. The van der Waals surface area contributed by atoms with Crippen molar-refractivity contribution >= 4 is 5.91 Å². The van der Waals surface area contributed by atoms with Gasteiger partial charge in [-0.1, -0.05) is 6.07 Å². The maximum atomic E-state index is 13.3. The first kappa shape index (κ1) is 16.8. The molecule has 3 rings (SSSR count). The highest BCUT2D eigenvalue weighted by molar-refractivity contribution is 5.94. The highest BCUT2D eigenvalue weighted by atomic mass is 19.1. The monoisotopic (exact) mass is 341 g/mol. The lowest BCUT2D eigenvalue weighted by Gasteiger charge is -2.14. The summed E-state index contributed by atoms with van der Waals surface area (Å²) in [5.74, 6) is -1.13. The first-order valence-electron chi connectivity index (χ1n) is 7.82. The number of carbonyl (C=O) groups is 1. The van der Waals surface area contributed by atoms with E-state index < -0.39 is 5.82 Å². The average molecular weight is 341 g/mol. The maximum absolute atomic E-state index is 13.3. The smallest absolute Gasteiger partial charge is 0.251 e. The largest absolute Gasteiger partial charge is 0.345 e. The van der Waals surface area contributed by atoms with Crippen LogP contribution in [0.4, 0.5) is 8.78 Å². The van der Waals surface area contributed by atoms with Gasteiger partial charge >= 0.3 is 0 Å². The van der Waals surface area contributed by atoms with Crippen LogP contribution in [0.3, 0.4) is 0 Å². The third kappa shape index (κ3) is 3.57. The molecule has 3 aromatic rings. The molecule has 0 radical (unpaired) electrons. The minimum Gasteiger partial charge on any atom is -0.345 e. The van der Waals surface area contributed by atoms with Crippen molar-refractivity contribution in [3.63, 3.8) is 0 Å². The van der Waals surface area contributed by atoms with E-state index in [1.165, 1.54) is 30.3 Å². The van der Waals surface area contributed by atoms with Crippen LogP contribution < -0.4 is 5.32 Å². The summed E-state index contributed by atoms with van der Waals surface area (Å²) in [4.78, 5) is 12.3. The van der Waals surface area contributed by atoms with Crippen molar-refractivity contribution in [2.45, 2.75) is 19.9 Å². The summed E-state index contributed by atoms with van der Waals surface area (Å²) in [6, 6.07) is 11.2. The van der Waals surface area contributed by atoms with E-state index in [0.717, 1.165) is 16.9 Å². The predicted molar refractivity (Wildman–Crippen MR) is 90.5 cm³/mol. The van der Waals surface area contributed by atoms with Crippen molar-refractivity contribution in [3.8, 4) is 5.69 Å². The number of hydrogen-bond acceptors (Lipinski definition) is 2. The number of nitrogens with one attached hydrogen (secondary N) is 1. The van der Waals surface area contributed by atoms with Crippen LogP contribution in [0.2, 0.25) is 0 Å². The summed E-state index contributed by atoms with van der Waals surface area (Å²) in [6.07, 6.45) is 1.66.